The maximum atomic E-state index is 11.8. The van der Waals surface area contributed by atoms with Crippen LogP contribution in [0.15, 0.2) is 23.8 Å². The van der Waals surface area contributed by atoms with Gasteiger partial charge in [-0.3, -0.25) is 9.59 Å². The summed E-state index contributed by atoms with van der Waals surface area (Å²) in [6.45, 7) is 7.95. The number of hydrogen-bond acceptors (Lipinski definition) is 6. The van der Waals surface area contributed by atoms with Gasteiger partial charge in [-0.1, -0.05) is 39.0 Å². The van der Waals surface area contributed by atoms with Gasteiger partial charge in [0.05, 0.1) is 30.7 Å². The van der Waals surface area contributed by atoms with Crippen LogP contribution in [0, 0.1) is 17.8 Å². The molecule has 1 fully saturated rings. The quantitative estimate of drug-likeness (QED) is 0.501. The lowest BCUT2D eigenvalue weighted by atomic mass is 9.78. The number of carbonyl (C=O) groups excluding carboxylic acids is 2. The van der Waals surface area contributed by atoms with Crippen molar-refractivity contribution in [3.05, 3.63) is 23.8 Å². The number of allylic oxidation sites excluding steroid dienone is 3. The summed E-state index contributed by atoms with van der Waals surface area (Å²) in [5.74, 6) is 0.262. The van der Waals surface area contributed by atoms with Crippen molar-refractivity contribution < 1.29 is 29.3 Å². The number of ether oxygens (including phenoxy) is 2. The second-order valence-corrected chi connectivity index (χ2v) is 9.62. The van der Waals surface area contributed by atoms with E-state index in [0.29, 0.717) is 24.7 Å². The fraction of sp³-hybridized carbons (Fsp3) is 0.760. The first kappa shape index (κ1) is 25.6. The average molecular weight is 437 g/mol. The maximum Gasteiger partial charge on any atom is 0.308 e. The van der Waals surface area contributed by atoms with Gasteiger partial charge >= 0.3 is 11.9 Å². The zero-order chi connectivity index (χ0) is 23.0. The van der Waals surface area contributed by atoms with Gasteiger partial charge in [-0.2, -0.15) is 0 Å². The summed E-state index contributed by atoms with van der Waals surface area (Å²) < 4.78 is 10.6. The Morgan fingerprint density at radius 2 is 2.13 bits per heavy atom. The molecule has 1 aliphatic carbocycles. The highest BCUT2D eigenvalue weighted by atomic mass is 16.5. The first-order chi connectivity index (χ1) is 14.6. The molecule has 176 valence electrons. The SMILES string of the molecule is CCC(C)C(=O)OCCC(C)(O)C=C1C=CC(C)C(CCCC2CC(O)CC(=O)O2)C1. The highest BCUT2D eigenvalue weighted by Gasteiger charge is 2.28. The Morgan fingerprint density at radius 1 is 1.39 bits per heavy atom. The van der Waals surface area contributed by atoms with Crippen molar-refractivity contribution in [3.63, 3.8) is 0 Å². The fourth-order valence-electron chi connectivity index (χ4n) is 4.25. The Bertz CT molecular complexity index is 665. The van der Waals surface area contributed by atoms with Gasteiger partial charge in [0, 0.05) is 12.8 Å². The number of aliphatic hydroxyl groups is 2. The van der Waals surface area contributed by atoms with Crippen LogP contribution in [0.4, 0.5) is 0 Å². The Balaban J connectivity index is 1.81. The average Bonchev–Trinajstić information content (AvgIpc) is 2.68. The van der Waals surface area contributed by atoms with Gasteiger partial charge in [-0.25, -0.2) is 0 Å². The van der Waals surface area contributed by atoms with E-state index in [9.17, 15) is 19.8 Å². The molecule has 31 heavy (non-hydrogen) atoms. The van der Waals surface area contributed by atoms with Crippen molar-refractivity contribution in [1.82, 2.24) is 0 Å². The first-order valence-electron chi connectivity index (χ1n) is 11.8. The predicted molar refractivity (Wildman–Crippen MR) is 119 cm³/mol. The van der Waals surface area contributed by atoms with Gasteiger partial charge < -0.3 is 19.7 Å². The Hall–Kier alpha value is -1.66. The van der Waals surface area contributed by atoms with Crippen LogP contribution >= 0.6 is 0 Å². The molecule has 6 nitrogen and oxygen atoms in total. The van der Waals surface area contributed by atoms with Gasteiger partial charge in [-0.05, 0) is 56.4 Å². The molecule has 6 atom stereocenters. The van der Waals surface area contributed by atoms with Gasteiger partial charge in [0.25, 0.3) is 0 Å². The van der Waals surface area contributed by atoms with E-state index in [1.165, 1.54) is 0 Å². The maximum absolute atomic E-state index is 11.8. The zero-order valence-electron chi connectivity index (χ0n) is 19.5. The second kappa shape index (κ2) is 11.8. The molecule has 6 unspecified atom stereocenters. The van der Waals surface area contributed by atoms with E-state index in [1.54, 1.807) is 6.92 Å². The lowest BCUT2D eigenvalue weighted by Gasteiger charge is -2.30. The Labute approximate surface area is 186 Å². The molecule has 1 aliphatic heterocycles. The third-order valence-corrected chi connectivity index (χ3v) is 6.56. The smallest absolute Gasteiger partial charge is 0.308 e. The monoisotopic (exact) mass is 436 g/mol. The number of hydrogen-bond donors (Lipinski definition) is 2. The van der Waals surface area contributed by atoms with E-state index in [0.717, 1.165) is 37.7 Å². The molecule has 0 saturated carbocycles. The van der Waals surface area contributed by atoms with Gasteiger partial charge in [0.2, 0.25) is 0 Å². The van der Waals surface area contributed by atoms with E-state index in [4.69, 9.17) is 9.47 Å². The number of carbonyl (C=O) groups is 2. The van der Waals surface area contributed by atoms with Crippen molar-refractivity contribution in [3.8, 4) is 0 Å². The topological polar surface area (TPSA) is 93.1 Å². The van der Waals surface area contributed by atoms with Crippen LogP contribution in [-0.2, 0) is 19.1 Å². The van der Waals surface area contributed by atoms with Crippen molar-refractivity contribution in [1.29, 1.82) is 0 Å². The minimum Gasteiger partial charge on any atom is -0.465 e. The fourth-order valence-corrected chi connectivity index (χ4v) is 4.25. The highest BCUT2D eigenvalue weighted by Crippen LogP contribution is 2.34. The van der Waals surface area contributed by atoms with Crippen molar-refractivity contribution in [2.45, 2.75) is 96.9 Å². The minimum absolute atomic E-state index is 0.103. The van der Waals surface area contributed by atoms with Crippen LogP contribution in [0.2, 0.25) is 0 Å². The second-order valence-electron chi connectivity index (χ2n) is 9.62. The predicted octanol–water partition coefficient (Wildman–Crippen LogP) is 4.09. The molecule has 2 rings (SSSR count). The molecule has 0 bridgehead atoms. The number of aliphatic hydroxyl groups excluding tert-OH is 1. The van der Waals surface area contributed by atoms with Gasteiger partial charge in [0.1, 0.15) is 6.10 Å². The van der Waals surface area contributed by atoms with Crippen molar-refractivity contribution in [2.24, 2.45) is 17.8 Å². The number of esters is 2. The first-order valence-corrected chi connectivity index (χ1v) is 11.8. The summed E-state index contributed by atoms with van der Waals surface area (Å²) in [4.78, 5) is 23.3. The van der Waals surface area contributed by atoms with Crippen LogP contribution in [0.25, 0.3) is 0 Å². The van der Waals surface area contributed by atoms with Gasteiger partial charge in [0.15, 0.2) is 0 Å². The molecule has 0 aromatic rings. The molecule has 6 heteroatoms. The van der Waals surface area contributed by atoms with Crippen LogP contribution in [0.3, 0.4) is 0 Å². The summed E-state index contributed by atoms with van der Waals surface area (Å²) >= 11 is 0. The standard InChI is InChI=1S/C25H40O6/c1-5-17(2)24(28)30-12-11-25(4,29)16-19-10-9-18(3)20(13-19)7-6-8-22-14-21(26)15-23(27)31-22/h9-10,16-18,20-22,26,29H,5-8,11-15H2,1-4H3. The third-order valence-electron chi connectivity index (χ3n) is 6.56. The van der Waals surface area contributed by atoms with Gasteiger partial charge in [-0.15, -0.1) is 0 Å². The molecular weight excluding hydrogens is 396 g/mol. The van der Waals surface area contributed by atoms with E-state index < -0.39 is 11.7 Å². The molecule has 1 saturated heterocycles. The highest BCUT2D eigenvalue weighted by molar-refractivity contribution is 5.71. The summed E-state index contributed by atoms with van der Waals surface area (Å²) in [7, 11) is 0. The third kappa shape index (κ3) is 8.77. The number of cyclic esters (lactones) is 1. The van der Waals surface area contributed by atoms with Crippen molar-refractivity contribution >= 4 is 11.9 Å². The van der Waals surface area contributed by atoms with E-state index >= 15 is 0 Å². The molecule has 2 aliphatic rings. The molecular formula is C25H40O6. The summed E-state index contributed by atoms with van der Waals surface area (Å²) in [6, 6.07) is 0. The normalized spacial score (nSPS) is 30.5. The molecule has 1 heterocycles. The molecule has 2 N–H and O–H groups in total. The van der Waals surface area contributed by atoms with E-state index in [-0.39, 0.29) is 37.0 Å². The van der Waals surface area contributed by atoms with E-state index in [2.05, 4.69) is 19.1 Å². The summed E-state index contributed by atoms with van der Waals surface area (Å²) in [5, 5.41) is 20.5. The summed E-state index contributed by atoms with van der Waals surface area (Å²) in [5.41, 5.74) is 0.0633. The Kier molecular flexibility index (Phi) is 9.76. The lowest BCUT2D eigenvalue weighted by Crippen LogP contribution is -2.32. The van der Waals surface area contributed by atoms with Crippen LogP contribution in [-0.4, -0.2) is 46.6 Å². The molecule has 0 spiro atoms. The van der Waals surface area contributed by atoms with Crippen molar-refractivity contribution in [2.75, 3.05) is 6.61 Å². The van der Waals surface area contributed by atoms with Crippen LogP contribution in [0.1, 0.15) is 79.1 Å². The largest absolute Gasteiger partial charge is 0.465 e. The van der Waals surface area contributed by atoms with Crippen LogP contribution < -0.4 is 0 Å². The van der Waals surface area contributed by atoms with Crippen LogP contribution in [0.5, 0.6) is 0 Å². The molecule has 0 amide bonds. The molecule has 0 radical (unpaired) electrons. The lowest BCUT2D eigenvalue weighted by molar-refractivity contribution is -0.160. The molecule has 0 aromatic carbocycles. The Morgan fingerprint density at radius 3 is 2.81 bits per heavy atom. The summed E-state index contributed by atoms with van der Waals surface area (Å²) in [6.07, 6.45) is 10.7. The number of rotatable bonds is 10. The zero-order valence-corrected chi connectivity index (χ0v) is 19.5. The van der Waals surface area contributed by atoms with E-state index in [1.807, 2.05) is 19.9 Å². The minimum atomic E-state index is -1.03. The molecule has 0 aromatic heterocycles.